The number of hydrogen-bond donors (Lipinski definition) is 0. The second-order valence-electron chi connectivity index (χ2n) is 6.08. The minimum absolute atomic E-state index is 0.0189. The van der Waals surface area contributed by atoms with Gasteiger partial charge >= 0.3 is 0 Å². The maximum Gasteiger partial charge on any atom is 0.246 e. The lowest BCUT2D eigenvalue weighted by Crippen LogP contribution is -2.48. The standard InChI is InChI=1S/C15H19FN2O3S/c1-10-5-6-12(16)14(8-10)22(20,21)18-7-3-4-11-13(18)9-17(2)15(11)19/h5-6,8,11,13H,3-4,7,9H2,1-2H3/t11-,13-/m1/s1. The van der Waals surface area contributed by atoms with Gasteiger partial charge in [-0.15, -0.1) is 0 Å². The predicted molar refractivity (Wildman–Crippen MR) is 79.2 cm³/mol. The van der Waals surface area contributed by atoms with E-state index in [0.717, 1.165) is 0 Å². The Kier molecular flexibility index (Phi) is 3.72. The van der Waals surface area contributed by atoms with E-state index in [0.29, 0.717) is 31.5 Å². The van der Waals surface area contributed by atoms with Gasteiger partial charge in [0.05, 0.1) is 12.0 Å². The largest absolute Gasteiger partial charge is 0.344 e. The number of rotatable bonds is 2. The van der Waals surface area contributed by atoms with Gasteiger partial charge in [-0.2, -0.15) is 4.31 Å². The number of piperidine rings is 1. The summed E-state index contributed by atoms with van der Waals surface area (Å²) in [5.74, 6) is -1.07. The molecule has 1 amide bonds. The normalized spacial score (nSPS) is 26.3. The third kappa shape index (κ3) is 2.32. The van der Waals surface area contributed by atoms with Crippen LogP contribution in [0.2, 0.25) is 0 Å². The molecule has 7 heteroatoms. The molecule has 0 saturated carbocycles. The smallest absolute Gasteiger partial charge is 0.246 e. The lowest BCUT2D eigenvalue weighted by Gasteiger charge is -2.34. The van der Waals surface area contributed by atoms with Crippen molar-refractivity contribution in [2.45, 2.75) is 30.7 Å². The van der Waals surface area contributed by atoms with Crippen molar-refractivity contribution in [1.82, 2.24) is 9.21 Å². The Bertz CT molecular complexity index is 719. The van der Waals surface area contributed by atoms with Crippen LogP contribution in [0.25, 0.3) is 0 Å². The lowest BCUT2D eigenvalue weighted by molar-refractivity contribution is -0.130. The van der Waals surface area contributed by atoms with Crippen LogP contribution in [0.1, 0.15) is 18.4 Å². The Hall–Kier alpha value is -1.47. The highest BCUT2D eigenvalue weighted by molar-refractivity contribution is 7.89. The molecule has 0 spiro atoms. The summed E-state index contributed by atoms with van der Waals surface area (Å²) in [6.07, 6.45) is 1.31. The Morgan fingerprint density at radius 3 is 2.77 bits per heavy atom. The zero-order valence-electron chi connectivity index (χ0n) is 12.6. The van der Waals surface area contributed by atoms with E-state index in [4.69, 9.17) is 0 Å². The van der Waals surface area contributed by atoms with Gasteiger partial charge in [-0.25, -0.2) is 12.8 Å². The lowest BCUT2D eigenvalue weighted by atomic mass is 9.93. The maximum atomic E-state index is 14.0. The summed E-state index contributed by atoms with van der Waals surface area (Å²) in [7, 11) is -2.26. The minimum atomic E-state index is -3.94. The van der Waals surface area contributed by atoms with Crippen LogP contribution in [0.15, 0.2) is 23.1 Å². The van der Waals surface area contributed by atoms with Crippen molar-refractivity contribution in [2.75, 3.05) is 20.1 Å². The summed E-state index contributed by atoms with van der Waals surface area (Å²) in [6.45, 7) is 2.43. The van der Waals surface area contributed by atoms with Crippen LogP contribution < -0.4 is 0 Å². The number of hydrogen-bond acceptors (Lipinski definition) is 3. The average Bonchev–Trinajstić information content (AvgIpc) is 2.76. The summed E-state index contributed by atoms with van der Waals surface area (Å²) in [5, 5.41) is 0. The molecule has 0 radical (unpaired) electrons. The van der Waals surface area contributed by atoms with E-state index in [9.17, 15) is 17.6 Å². The fraction of sp³-hybridized carbons (Fsp3) is 0.533. The topological polar surface area (TPSA) is 57.7 Å². The second-order valence-corrected chi connectivity index (χ2v) is 7.94. The van der Waals surface area contributed by atoms with Gasteiger partial charge in [0.25, 0.3) is 0 Å². The molecule has 0 unspecified atom stereocenters. The van der Waals surface area contributed by atoms with Gasteiger partial charge in [0.2, 0.25) is 15.9 Å². The second kappa shape index (κ2) is 5.31. The van der Waals surface area contributed by atoms with E-state index >= 15 is 0 Å². The highest BCUT2D eigenvalue weighted by Crippen LogP contribution is 2.35. The van der Waals surface area contributed by atoms with E-state index in [-0.39, 0.29) is 16.7 Å². The summed E-state index contributed by atoms with van der Waals surface area (Å²) in [5.41, 5.74) is 0.688. The number of fused-ring (bicyclic) bond motifs is 1. The van der Waals surface area contributed by atoms with Gasteiger partial charge in [-0.3, -0.25) is 4.79 Å². The number of carbonyl (C=O) groups excluding carboxylic acids is 1. The van der Waals surface area contributed by atoms with E-state index in [1.807, 2.05) is 0 Å². The van der Waals surface area contributed by atoms with E-state index in [1.165, 1.54) is 16.4 Å². The quantitative estimate of drug-likeness (QED) is 0.825. The summed E-state index contributed by atoms with van der Waals surface area (Å²) in [4.78, 5) is 13.4. The summed E-state index contributed by atoms with van der Waals surface area (Å²) < 4.78 is 41.1. The molecule has 2 aliphatic heterocycles. The van der Waals surface area contributed by atoms with Crippen LogP contribution in [0.4, 0.5) is 4.39 Å². The Morgan fingerprint density at radius 2 is 2.05 bits per heavy atom. The van der Waals surface area contributed by atoms with Gasteiger partial charge in [0.1, 0.15) is 10.7 Å². The highest BCUT2D eigenvalue weighted by atomic mass is 32.2. The molecule has 2 atom stereocenters. The molecular weight excluding hydrogens is 307 g/mol. The molecule has 120 valence electrons. The Labute approximate surface area is 129 Å². The SMILES string of the molecule is Cc1ccc(F)c(S(=O)(=O)N2CCC[C@H]3C(=O)N(C)C[C@H]32)c1. The Balaban J connectivity index is 2.02. The first kappa shape index (κ1) is 15.4. The summed E-state index contributed by atoms with van der Waals surface area (Å²) in [6, 6.07) is 3.68. The molecule has 1 aromatic carbocycles. The first-order valence-electron chi connectivity index (χ1n) is 7.35. The Morgan fingerprint density at radius 1 is 1.32 bits per heavy atom. The molecule has 0 N–H and O–H groups in total. The molecule has 1 aromatic rings. The van der Waals surface area contributed by atoms with Gasteiger partial charge < -0.3 is 4.90 Å². The zero-order valence-corrected chi connectivity index (χ0v) is 13.4. The molecule has 5 nitrogen and oxygen atoms in total. The highest BCUT2D eigenvalue weighted by Gasteiger charge is 2.48. The van der Waals surface area contributed by atoms with Gasteiger partial charge in [0.15, 0.2) is 0 Å². The number of nitrogens with zero attached hydrogens (tertiary/aromatic N) is 2. The fourth-order valence-electron chi connectivity index (χ4n) is 3.42. The molecule has 2 saturated heterocycles. The van der Waals surface area contributed by atoms with Crippen LogP contribution in [0, 0.1) is 18.7 Å². The number of likely N-dealkylation sites (tertiary alicyclic amines) is 1. The molecule has 3 rings (SSSR count). The molecule has 0 aliphatic carbocycles. The zero-order chi connectivity index (χ0) is 16.1. The monoisotopic (exact) mass is 326 g/mol. The molecule has 0 bridgehead atoms. The number of carbonyl (C=O) groups is 1. The van der Waals surface area contributed by atoms with Gasteiger partial charge in [-0.1, -0.05) is 6.07 Å². The number of aryl methyl sites for hydroxylation is 1. The molecular formula is C15H19FN2O3S. The molecule has 2 fully saturated rings. The van der Waals surface area contributed by atoms with Crippen LogP contribution in [0.3, 0.4) is 0 Å². The van der Waals surface area contributed by atoms with Crippen molar-refractivity contribution in [1.29, 1.82) is 0 Å². The number of sulfonamides is 1. The van der Waals surface area contributed by atoms with Crippen molar-refractivity contribution < 1.29 is 17.6 Å². The first-order chi connectivity index (χ1) is 10.3. The van der Waals surface area contributed by atoms with Crippen LogP contribution in [-0.2, 0) is 14.8 Å². The van der Waals surface area contributed by atoms with Crippen molar-refractivity contribution in [3.8, 4) is 0 Å². The van der Waals surface area contributed by atoms with E-state index in [1.54, 1.807) is 24.9 Å². The molecule has 22 heavy (non-hydrogen) atoms. The minimum Gasteiger partial charge on any atom is -0.344 e. The number of benzene rings is 1. The first-order valence-corrected chi connectivity index (χ1v) is 8.79. The summed E-state index contributed by atoms with van der Waals surface area (Å²) >= 11 is 0. The van der Waals surface area contributed by atoms with Crippen LogP contribution >= 0.6 is 0 Å². The molecule has 2 heterocycles. The maximum absolute atomic E-state index is 14.0. The van der Waals surface area contributed by atoms with Gasteiger partial charge in [-0.05, 0) is 37.5 Å². The van der Waals surface area contributed by atoms with Crippen molar-refractivity contribution in [3.63, 3.8) is 0 Å². The van der Waals surface area contributed by atoms with Crippen LogP contribution in [-0.4, -0.2) is 49.7 Å². The van der Waals surface area contributed by atoms with Crippen molar-refractivity contribution >= 4 is 15.9 Å². The van der Waals surface area contributed by atoms with Crippen molar-refractivity contribution in [2.24, 2.45) is 5.92 Å². The number of amides is 1. The number of halogens is 1. The van der Waals surface area contributed by atoms with Crippen molar-refractivity contribution in [3.05, 3.63) is 29.6 Å². The number of likely N-dealkylation sites (N-methyl/N-ethyl adjacent to an activating group) is 1. The van der Waals surface area contributed by atoms with Crippen LogP contribution in [0.5, 0.6) is 0 Å². The van der Waals surface area contributed by atoms with E-state index < -0.39 is 21.9 Å². The third-order valence-corrected chi connectivity index (χ3v) is 6.50. The predicted octanol–water partition coefficient (Wildman–Crippen LogP) is 1.38. The van der Waals surface area contributed by atoms with E-state index in [2.05, 4.69) is 0 Å². The molecule has 2 aliphatic rings. The van der Waals surface area contributed by atoms with Gasteiger partial charge in [0, 0.05) is 20.1 Å². The third-order valence-electron chi connectivity index (χ3n) is 4.56. The average molecular weight is 326 g/mol. The molecule has 0 aromatic heterocycles. The fourth-order valence-corrected chi connectivity index (χ4v) is 5.26.